The van der Waals surface area contributed by atoms with E-state index in [0.29, 0.717) is 11.1 Å². The summed E-state index contributed by atoms with van der Waals surface area (Å²) in [4.78, 5) is 11.8. The van der Waals surface area contributed by atoms with Gasteiger partial charge in [0, 0.05) is 19.3 Å². The normalized spacial score (nSPS) is 11.4. The molecule has 2 aromatic heterocycles. The molecule has 0 radical (unpaired) electrons. The quantitative estimate of drug-likeness (QED) is 0.625. The van der Waals surface area contributed by atoms with Crippen molar-refractivity contribution in [1.29, 1.82) is 0 Å². The fourth-order valence-corrected chi connectivity index (χ4v) is 3.62. The Kier molecular flexibility index (Phi) is 2.16. The first-order valence-electron chi connectivity index (χ1n) is 4.78. The Bertz CT molecular complexity index is 755. The molecule has 3 rings (SSSR count). The van der Waals surface area contributed by atoms with Crippen molar-refractivity contribution in [2.24, 2.45) is 0 Å². The van der Waals surface area contributed by atoms with Gasteiger partial charge in [-0.15, -0.1) is 11.3 Å². The van der Waals surface area contributed by atoms with Crippen LogP contribution in [0.5, 0.6) is 0 Å². The average Bonchev–Trinajstić information content (AvgIpc) is 2.57. The summed E-state index contributed by atoms with van der Waals surface area (Å²) >= 11 is 5.11. The fourth-order valence-electron chi connectivity index (χ4n) is 1.83. The molecule has 0 N–H and O–H groups in total. The summed E-state index contributed by atoms with van der Waals surface area (Å²) in [6.45, 7) is 1.79. The van der Waals surface area contributed by atoms with Gasteiger partial charge in [-0.3, -0.25) is 0 Å². The Morgan fingerprint density at radius 3 is 3.00 bits per heavy atom. The number of fused-ring (bicyclic) bond motifs is 3. The second kappa shape index (κ2) is 3.43. The van der Waals surface area contributed by atoms with Crippen molar-refractivity contribution in [2.45, 2.75) is 6.92 Å². The van der Waals surface area contributed by atoms with E-state index in [4.69, 9.17) is 4.42 Å². The summed E-state index contributed by atoms with van der Waals surface area (Å²) in [7, 11) is 0. The van der Waals surface area contributed by atoms with Crippen LogP contribution in [0.25, 0.3) is 20.2 Å². The van der Waals surface area contributed by atoms with Gasteiger partial charge in [0.25, 0.3) is 0 Å². The molecule has 0 aliphatic heterocycles. The first kappa shape index (κ1) is 10.1. The molecule has 2 heterocycles. The number of hydrogen-bond acceptors (Lipinski definition) is 3. The fraction of sp³-hybridized carbons (Fsp3) is 0.0833. The zero-order valence-electron chi connectivity index (χ0n) is 8.41. The molecule has 0 amide bonds. The summed E-state index contributed by atoms with van der Waals surface area (Å²) in [5.41, 5.74) is -0.251. The van der Waals surface area contributed by atoms with Crippen LogP contribution >= 0.6 is 27.3 Å². The Labute approximate surface area is 104 Å². The Morgan fingerprint density at radius 1 is 1.38 bits per heavy atom. The minimum atomic E-state index is -0.251. The molecule has 0 saturated heterocycles. The molecule has 4 heteroatoms. The largest absolute Gasteiger partial charge is 0.428 e. The number of thiophene rings is 1. The first-order valence-corrected chi connectivity index (χ1v) is 6.39. The lowest BCUT2D eigenvalue weighted by atomic mass is 10.2. The van der Waals surface area contributed by atoms with Crippen molar-refractivity contribution in [3.8, 4) is 0 Å². The Hall–Kier alpha value is -1.13. The zero-order chi connectivity index (χ0) is 11.3. The summed E-state index contributed by atoms with van der Waals surface area (Å²) in [5.74, 6) is 0.653. The van der Waals surface area contributed by atoms with Gasteiger partial charge in [0.15, 0.2) is 0 Å². The molecule has 0 atom stereocenters. The van der Waals surface area contributed by atoms with E-state index in [0.717, 1.165) is 19.3 Å². The third-order valence-corrected chi connectivity index (χ3v) is 4.60. The van der Waals surface area contributed by atoms with Crippen molar-refractivity contribution in [3.05, 3.63) is 44.9 Å². The molecule has 0 aliphatic carbocycles. The maximum Gasteiger partial charge on any atom is 0.345 e. The SMILES string of the molecule is Cc1cc2sc3c(Br)cccc3c2c(=O)o1. The third kappa shape index (κ3) is 1.33. The van der Waals surface area contributed by atoms with Crippen molar-refractivity contribution in [1.82, 2.24) is 0 Å². The summed E-state index contributed by atoms with van der Waals surface area (Å²) in [5, 5.41) is 1.65. The van der Waals surface area contributed by atoms with Crippen LogP contribution in [-0.4, -0.2) is 0 Å². The predicted octanol–water partition coefficient (Wildman–Crippen LogP) is 4.08. The van der Waals surface area contributed by atoms with Gasteiger partial charge in [0.2, 0.25) is 0 Å². The number of hydrogen-bond donors (Lipinski definition) is 0. The Morgan fingerprint density at radius 2 is 2.19 bits per heavy atom. The summed E-state index contributed by atoms with van der Waals surface area (Å²) in [6, 6.07) is 7.77. The number of rotatable bonds is 0. The van der Waals surface area contributed by atoms with Crippen molar-refractivity contribution in [2.75, 3.05) is 0 Å². The van der Waals surface area contributed by atoms with Crippen molar-refractivity contribution < 1.29 is 4.42 Å². The highest BCUT2D eigenvalue weighted by atomic mass is 79.9. The van der Waals surface area contributed by atoms with Gasteiger partial charge in [0.05, 0.1) is 5.39 Å². The van der Waals surface area contributed by atoms with E-state index in [1.165, 1.54) is 0 Å². The van der Waals surface area contributed by atoms with Crippen LogP contribution in [0.4, 0.5) is 0 Å². The van der Waals surface area contributed by atoms with E-state index in [2.05, 4.69) is 15.9 Å². The molecular weight excluding hydrogens is 288 g/mol. The molecule has 0 bridgehead atoms. The molecule has 1 aromatic carbocycles. The topological polar surface area (TPSA) is 30.2 Å². The standard InChI is InChI=1S/C12H7BrO2S/c1-6-5-9-10(12(14)15-6)7-3-2-4-8(13)11(7)16-9/h2-5H,1H3. The van der Waals surface area contributed by atoms with E-state index < -0.39 is 0 Å². The van der Waals surface area contributed by atoms with E-state index in [-0.39, 0.29) is 5.63 Å². The lowest BCUT2D eigenvalue weighted by molar-refractivity contribution is 0.489. The third-order valence-electron chi connectivity index (χ3n) is 2.49. The smallest absolute Gasteiger partial charge is 0.345 e. The van der Waals surface area contributed by atoms with Gasteiger partial charge in [-0.1, -0.05) is 12.1 Å². The molecule has 80 valence electrons. The zero-order valence-corrected chi connectivity index (χ0v) is 10.8. The van der Waals surface area contributed by atoms with Gasteiger partial charge >= 0.3 is 5.63 Å². The van der Waals surface area contributed by atoms with Crippen LogP contribution in [0.2, 0.25) is 0 Å². The molecule has 2 nitrogen and oxygen atoms in total. The minimum absolute atomic E-state index is 0.251. The second-order valence-corrected chi connectivity index (χ2v) is 5.51. The summed E-state index contributed by atoms with van der Waals surface area (Å²) in [6.07, 6.45) is 0. The van der Waals surface area contributed by atoms with Crippen LogP contribution in [0, 0.1) is 6.92 Å². The maximum absolute atomic E-state index is 11.8. The lowest BCUT2D eigenvalue weighted by Gasteiger charge is -1.92. The van der Waals surface area contributed by atoms with E-state index in [9.17, 15) is 4.79 Å². The number of halogens is 1. The molecule has 0 fully saturated rings. The number of benzene rings is 1. The van der Waals surface area contributed by atoms with E-state index in [1.54, 1.807) is 18.3 Å². The molecule has 0 aliphatic rings. The lowest BCUT2D eigenvalue weighted by Crippen LogP contribution is -1.98. The molecule has 0 saturated carbocycles. The number of aryl methyl sites for hydroxylation is 1. The molecule has 3 aromatic rings. The summed E-state index contributed by atoms with van der Waals surface area (Å²) < 4.78 is 8.22. The van der Waals surface area contributed by atoms with E-state index in [1.807, 2.05) is 24.3 Å². The molecule has 0 unspecified atom stereocenters. The van der Waals surface area contributed by atoms with Gasteiger partial charge in [-0.05, 0) is 35.0 Å². The predicted molar refractivity (Wildman–Crippen MR) is 70.3 cm³/mol. The second-order valence-electron chi connectivity index (χ2n) is 3.60. The first-order chi connectivity index (χ1) is 7.66. The van der Waals surface area contributed by atoms with Crippen LogP contribution < -0.4 is 5.63 Å². The monoisotopic (exact) mass is 294 g/mol. The van der Waals surface area contributed by atoms with Crippen LogP contribution in [0.1, 0.15) is 5.76 Å². The highest BCUT2D eigenvalue weighted by molar-refractivity contribution is 9.10. The maximum atomic E-state index is 11.8. The minimum Gasteiger partial charge on any atom is -0.428 e. The van der Waals surface area contributed by atoms with Crippen LogP contribution in [0.15, 0.2) is 37.9 Å². The molecular formula is C12H7BrO2S. The average molecular weight is 295 g/mol. The van der Waals surface area contributed by atoms with Crippen LogP contribution in [-0.2, 0) is 0 Å². The Balaban J connectivity index is 2.67. The van der Waals surface area contributed by atoms with Gasteiger partial charge < -0.3 is 4.42 Å². The van der Waals surface area contributed by atoms with Crippen molar-refractivity contribution >= 4 is 47.4 Å². The molecule has 16 heavy (non-hydrogen) atoms. The molecule has 0 spiro atoms. The highest BCUT2D eigenvalue weighted by Crippen LogP contribution is 2.36. The van der Waals surface area contributed by atoms with Crippen LogP contribution in [0.3, 0.4) is 0 Å². The van der Waals surface area contributed by atoms with E-state index >= 15 is 0 Å². The van der Waals surface area contributed by atoms with Gasteiger partial charge in [-0.2, -0.15) is 0 Å². The van der Waals surface area contributed by atoms with Crippen molar-refractivity contribution in [3.63, 3.8) is 0 Å². The van der Waals surface area contributed by atoms with Gasteiger partial charge in [0.1, 0.15) is 5.76 Å². The van der Waals surface area contributed by atoms with Gasteiger partial charge in [-0.25, -0.2) is 4.79 Å². The highest BCUT2D eigenvalue weighted by Gasteiger charge is 2.11.